The number of unbranched alkanes of at least 4 members (excludes halogenated alkanes) is 2. The van der Waals surface area contributed by atoms with Crippen molar-refractivity contribution in [3.8, 4) is 0 Å². The Hall–Kier alpha value is -1.73. The van der Waals surface area contributed by atoms with Gasteiger partial charge < -0.3 is 10.2 Å². The molecule has 7 heteroatoms. The molecule has 0 aromatic heterocycles. The lowest BCUT2D eigenvalue weighted by molar-refractivity contribution is -0.125. The Bertz CT molecular complexity index is 646. The van der Waals surface area contributed by atoms with Crippen molar-refractivity contribution in [1.29, 1.82) is 0 Å². The molecule has 28 heavy (non-hydrogen) atoms. The van der Waals surface area contributed by atoms with E-state index in [0.717, 1.165) is 45.6 Å². The molecule has 1 aromatic carbocycles. The summed E-state index contributed by atoms with van der Waals surface area (Å²) in [5, 5.41) is 2.57. The first-order valence-electron chi connectivity index (χ1n) is 10.5. The number of carbonyl (C=O) groups excluding carboxylic acids is 2. The number of urea groups is 1. The zero-order valence-corrected chi connectivity index (χ0v) is 17.7. The van der Waals surface area contributed by atoms with Gasteiger partial charge in [0.1, 0.15) is 0 Å². The number of thioether (sulfide) groups is 1. The molecular weight excluding hydrogens is 372 g/mol. The van der Waals surface area contributed by atoms with Crippen LogP contribution >= 0.6 is 11.8 Å². The Morgan fingerprint density at radius 1 is 1.00 bits per heavy atom. The van der Waals surface area contributed by atoms with E-state index in [4.69, 9.17) is 0 Å². The molecule has 2 aliphatic rings. The van der Waals surface area contributed by atoms with Gasteiger partial charge in [0, 0.05) is 37.6 Å². The summed E-state index contributed by atoms with van der Waals surface area (Å²) < 4.78 is 0. The predicted molar refractivity (Wildman–Crippen MR) is 115 cm³/mol. The van der Waals surface area contributed by atoms with Crippen molar-refractivity contribution in [3.63, 3.8) is 0 Å². The van der Waals surface area contributed by atoms with E-state index in [9.17, 15) is 9.59 Å². The number of nitrogens with one attached hydrogen (secondary N) is 1. The Balaban J connectivity index is 1.39. The third-order valence-electron chi connectivity index (χ3n) is 5.38. The molecule has 6 nitrogen and oxygen atoms in total. The molecule has 0 radical (unpaired) electrons. The highest BCUT2D eigenvalue weighted by Crippen LogP contribution is 2.31. The third-order valence-corrected chi connectivity index (χ3v) is 6.53. The predicted octanol–water partition coefficient (Wildman–Crippen LogP) is 3.03. The van der Waals surface area contributed by atoms with Crippen LogP contribution in [0.1, 0.15) is 32.6 Å². The molecule has 1 N–H and O–H groups in total. The van der Waals surface area contributed by atoms with E-state index in [1.54, 1.807) is 0 Å². The summed E-state index contributed by atoms with van der Waals surface area (Å²) in [5.74, 6) is 1.08. The molecule has 1 aromatic rings. The molecular formula is C21H32N4O2S. The van der Waals surface area contributed by atoms with Gasteiger partial charge in [-0.2, -0.15) is 0 Å². The van der Waals surface area contributed by atoms with Crippen molar-refractivity contribution in [2.75, 3.05) is 56.5 Å². The number of nitrogens with zero attached hydrogens (tertiary/aromatic N) is 3. The highest BCUT2D eigenvalue weighted by atomic mass is 32.2. The van der Waals surface area contributed by atoms with E-state index in [1.807, 2.05) is 11.8 Å². The second-order valence-electron chi connectivity index (χ2n) is 7.41. The van der Waals surface area contributed by atoms with E-state index in [0.29, 0.717) is 6.54 Å². The summed E-state index contributed by atoms with van der Waals surface area (Å²) in [6.07, 6.45) is 4.39. The standard InChI is InChI=1S/C21H32N4O2S/c1-2-3-16-28-19-9-5-4-8-18(19)24-14-12-23(13-15-24)10-6-7-11-25-20(26)17-22-21(25)27/h4-5,8-9H,2-3,6-7,10-17H2,1H3,(H,22,27). The molecule has 3 rings (SSSR count). The van der Waals surface area contributed by atoms with E-state index in [1.165, 1.54) is 34.1 Å². The quantitative estimate of drug-likeness (QED) is 0.369. The minimum Gasteiger partial charge on any atom is -0.368 e. The number of rotatable bonds is 10. The van der Waals surface area contributed by atoms with Gasteiger partial charge in [0.15, 0.2) is 0 Å². The first kappa shape index (κ1) is 21.0. The van der Waals surface area contributed by atoms with Crippen LogP contribution in [0.25, 0.3) is 0 Å². The molecule has 0 unspecified atom stereocenters. The maximum Gasteiger partial charge on any atom is 0.324 e. The lowest BCUT2D eigenvalue weighted by atomic mass is 10.2. The van der Waals surface area contributed by atoms with Crippen LogP contribution in [-0.4, -0.2) is 73.3 Å². The fourth-order valence-electron chi connectivity index (χ4n) is 3.67. The van der Waals surface area contributed by atoms with Crippen molar-refractivity contribution >= 4 is 29.4 Å². The number of carbonyl (C=O) groups is 2. The highest BCUT2D eigenvalue weighted by molar-refractivity contribution is 7.99. The second kappa shape index (κ2) is 10.7. The maximum atomic E-state index is 11.6. The van der Waals surface area contributed by atoms with Crippen LogP contribution in [-0.2, 0) is 4.79 Å². The van der Waals surface area contributed by atoms with Crippen LogP contribution in [0.4, 0.5) is 10.5 Å². The van der Waals surface area contributed by atoms with E-state index in [-0.39, 0.29) is 18.5 Å². The largest absolute Gasteiger partial charge is 0.368 e. The van der Waals surface area contributed by atoms with Crippen molar-refractivity contribution in [1.82, 2.24) is 15.1 Å². The number of anilines is 1. The Labute approximate surface area is 172 Å². The zero-order valence-electron chi connectivity index (χ0n) is 16.9. The van der Waals surface area contributed by atoms with Gasteiger partial charge in [-0.25, -0.2) is 4.79 Å². The smallest absolute Gasteiger partial charge is 0.324 e. The van der Waals surface area contributed by atoms with Crippen LogP contribution < -0.4 is 10.2 Å². The van der Waals surface area contributed by atoms with Crippen LogP contribution in [0.5, 0.6) is 0 Å². The van der Waals surface area contributed by atoms with Crippen LogP contribution in [0.3, 0.4) is 0 Å². The summed E-state index contributed by atoms with van der Waals surface area (Å²) >= 11 is 1.98. The summed E-state index contributed by atoms with van der Waals surface area (Å²) in [7, 11) is 0. The normalized spacial score (nSPS) is 18.0. The number of hydrogen-bond donors (Lipinski definition) is 1. The summed E-state index contributed by atoms with van der Waals surface area (Å²) in [6.45, 7) is 8.20. The molecule has 2 fully saturated rings. The molecule has 0 bridgehead atoms. The first-order valence-corrected chi connectivity index (χ1v) is 11.4. The molecule has 2 aliphatic heterocycles. The summed E-state index contributed by atoms with van der Waals surface area (Å²) in [6, 6.07) is 8.54. The third kappa shape index (κ3) is 5.64. The monoisotopic (exact) mass is 404 g/mol. The van der Waals surface area contributed by atoms with Crippen LogP contribution in [0.15, 0.2) is 29.2 Å². The molecule has 0 spiro atoms. The highest BCUT2D eigenvalue weighted by Gasteiger charge is 2.27. The Morgan fingerprint density at radius 3 is 2.46 bits per heavy atom. The lowest BCUT2D eigenvalue weighted by Gasteiger charge is -2.37. The molecule has 0 atom stereocenters. The van der Waals surface area contributed by atoms with Gasteiger partial charge >= 0.3 is 6.03 Å². The Kier molecular flexibility index (Phi) is 8.03. The summed E-state index contributed by atoms with van der Waals surface area (Å²) in [5.41, 5.74) is 1.38. The number of piperazine rings is 1. The molecule has 154 valence electrons. The Morgan fingerprint density at radius 2 is 1.75 bits per heavy atom. The van der Waals surface area contributed by atoms with Gasteiger partial charge in [0.2, 0.25) is 5.91 Å². The van der Waals surface area contributed by atoms with Crippen molar-refractivity contribution in [2.24, 2.45) is 0 Å². The van der Waals surface area contributed by atoms with Crippen molar-refractivity contribution < 1.29 is 9.59 Å². The van der Waals surface area contributed by atoms with Crippen LogP contribution in [0.2, 0.25) is 0 Å². The molecule has 2 saturated heterocycles. The van der Waals surface area contributed by atoms with E-state index in [2.05, 4.69) is 46.3 Å². The molecule has 0 aliphatic carbocycles. The maximum absolute atomic E-state index is 11.6. The second-order valence-corrected chi connectivity index (χ2v) is 8.55. The van der Waals surface area contributed by atoms with Crippen molar-refractivity contribution in [3.05, 3.63) is 24.3 Å². The fraction of sp³-hybridized carbons (Fsp3) is 0.619. The SMILES string of the molecule is CCCCSc1ccccc1N1CCN(CCCCN2C(=O)CNC2=O)CC1. The average Bonchev–Trinajstić information content (AvgIpc) is 3.04. The van der Waals surface area contributed by atoms with Gasteiger partial charge in [0.05, 0.1) is 12.2 Å². The van der Waals surface area contributed by atoms with Crippen molar-refractivity contribution in [2.45, 2.75) is 37.5 Å². The number of para-hydroxylation sites is 1. The fourth-order valence-corrected chi connectivity index (χ4v) is 4.84. The van der Waals surface area contributed by atoms with Gasteiger partial charge in [0.25, 0.3) is 0 Å². The number of benzene rings is 1. The number of amides is 3. The topological polar surface area (TPSA) is 55.9 Å². The van der Waals surface area contributed by atoms with Gasteiger partial charge in [-0.05, 0) is 43.7 Å². The molecule has 3 amide bonds. The van der Waals surface area contributed by atoms with Crippen LogP contribution in [0, 0.1) is 0 Å². The van der Waals surface area contributed by atoms with Gasteiger partial charge in [-0.3, -0.25) is 14.6 Å². The first-order chi connectivity index (χ1) is 13.7. The van der Waals surface area contributed by atoms with Gasteiger partial charge in [-0.15, -0.1) is 11.8 Å². The summed E-state index contributed by atoms with van der Waals surface area (Å²) in [4.78, 5) is 30.9. The molecule has 2 heterocycles. The van der Waals surface area contributed by atoms with E-state index < -0.39 is 0 Å². The number of imide groups is 1. The van der Waals surface area contributed by atoms with Gasteiger partial charge in [-0.1, -0.05) is 25.5 Å². The average molecular weight is 405 g/mol. The lowest BCUT2D eigenvalue weighted by Crippen LogP contribution is -2.46. The number of hydrogen-bond acceptors (Lipinski definition) is 5. The van der Waals surface area contributed by atoms with E-state index >= 15 is 0 Å². The zero-order chi connectivity index (χ0) is 19.8. The molecule has 0 saturated carbocycles. The minimum atomic E-state index is -0.242. The minimum absolute atomic E-state index is 0.103.